The van der Waals surface area contributed by atoms with Gasteiger partial charge in [-0.3, -0.25) is 9.20 Å². The number of hydrogen-bond acceptors (Lipinski definition) is 4. The van der Waals surface area contributed by atoms with E-state index in [1.807, 2.05) is 47.9 Å². The average molecular weight is 349 g/mol. The monoisotopic (exact) mass is 349 g/mol. The number of carbonyl (C=O) groups excluding carboxylic acids is 1. The van der Waals surface area contributed by atoms with Crippen molar-refractivity contribution in [2.24, 2.45) is 0 Å². The summed E-state index contributed by atoms with van der Waals surface area (Å²) >= 11 is 1.36. The molecular weight excluding hydrogens is 334 g/mol. The smallest absolute Gasteiger partial charge is 0.267 e. The molecule has 0 fully saturated rings. The van der Waals surface area contributed by atoms with Gasteiger partial charge in [-0.2, -0.15) is 0 Å². The van der Waals surface area contributed by atoms with E-state index in [1.165, 1.54) is 23.5 Å². The van der Waals surface area contributed by atoms with Crippen LogP contribution in [0.15, 0.2) is 60.8 Å². The van der Waals surface area contributed by atoms with Gasteiger partial charge in [0.05, 0.1) is 5.69 Å². The minimum atomic E-state index is -0.181. The van der Waals surface area contributed by atoms with Crippen molar-refractivity contribution >= 4 is 27.9 Å². The molecule has 0 saturated carbocycles. The zero-order chi connectivity index (χ0) is 17.4. The summed E-state index contributed by atoms with van der Waals surface area (Å²) in [4.78, 5) is 18.6. The van der Waals surface area contributed by atoms with Crippen LogP contribution in [0.4, 0.5) is 5.69 Å². The van der Waals surface area contributed by atoms with Crippen molar-refractivity contribution < 1.29 is 9.90 Å². The lowest BCUT2D eigenvalue weighted by atomic mass is 10.2. The molecule has 1 amide bonds. The van der Waals surface area contributed by atoms with Crippen LogP contribution in [0.25, 0.3) is 16.2 Å². The fourth-order valence-electron chi connectivity index (χ4n) is 2.64. The summed E-state index contributed by atoms with van der Waals surface area (Å²) in [6.07, 6.45) is 1.95. The highest BCUT2D eigenvalue weighted by molar-refractivity contribution is 7.19. The van der Waals surface area contributed by atoms with Crippen LogP contribution in [0.1, 0.15) is 15.4 Å². The first kappa shape index (κ1) is 15.4. The Bertz CT molecular complexity index is 1050. The Kier molecular flexibility index (Phi) is 3.74. The lowest BCUT2D eigenvalue weighted by molar-refractivity contribution is 0.102. The first-order valence-corrected chi connectivity index (χ1v) is 8.58. The first-order chi connectivity index (χ1) is 12.1. The number of amides is 1. The van der Waals surface area contributed by atoms with Crippen LogP contribution in [0.3, 0.4) is 0 Å². The maximum atomic E-state index is 12.5. The number of aromatic hydroxyl groups is 1. The third kappa shape index (κ3) is 2.88. The van der Waals surface area contributed by atoms with Crippen molar-refractivity contribution in [1.82, 2.24) is 9.38 Å². The highest BCUT2D eigenvalue weighted by Gasteiger charge is 2.18. The molecule has 2 aromatic carbocycles. The third-order valence-electron chi connectivity index (χ3n) is 3.96. The zero-order valence-corrected chi connectivity index (χ0v) is 14.2. The van der Waals surface area contributed by atoms with Gasteiger partial charge >= 0.3 is 0 Å². The van der Waals surface area contributed by atoms with E-state index in [1.54, 1.807) is 12.1 Å². The third-order valence-corrected chi connectivity index (χ3v) is 5.11. The van der Waals surface area contributed by atoms with E-state index in [0.717, 1.165) is 21.9 Å². The number of nitrogens with one attached hydrogen (secondary N) is 1. The number of hydrogen-bond donors (Lipinski definition) is 2. The number of rotatable bonds is 3. The van der Waals surface area contributed by atoms with Crippen molar-refractivity contribution in [3.05, 3.63) is 71.4 Å². The Morgan fingerprint density at radius 1 is 1.12 bits per heavy atom. The molecule has 25 heavy (non-hydrogen) atoms. The van der Waals surface area contributed by atoms with E-state index in [0.29, 0.717) is 10.6 Å². The number of aromatic nitrogens is 2. The van der Waals surface area contributed by atoms with E-state index < -0.39 is 0 Å². The highest BCUT2D eigenvalue weighted by Crippen LogP contribution is 2.27. The number of carbonyl (C=O) groups is 1. The van der Waals surface area contributed by atoms with Gasteiger partial charge in [0.15, 0.2) is 4.96 Å². The number of phenols is 1. The molecule has 0 spiro atoms. The molecule has 2 N–H and O–H groups in total. The van der Waals surface area contributed by atoms with Crippen LogP contribution >= 0.6 is 11.3 Å². The van der Waals surface area contributed by atoms with Gasteiger partial charge in [-0.15, -0.1) is 0 Å². The number of thiazole rings is 1. The largest absolute Gasteiger partial charge is 0.508 e. The van der Waals surface area contributed by atoms with E-state index >= 15 is 0 Å². The van der Waals surface area contributed by atoms with Crippen molar-refractivity contribution in [3.8, 4) is 17.0 Å². The number of anilines is 1. The minimum Gasteiger partial charge on any atom is -0.508 e. The topological polar surface area (TPSA) is 66.6 Å². The molecule has 2 aromatic heterocycles. The van der Waals surface area contributed by atoms with Gasteiger partial charge in [0.1, 0.15) is 10.6 Å². The van der Waals surface area contributed by atoms with Gasteiger partial charge < -0.3 is 10.4 Å². The fraction of sp³-hybridized carbons (Fsp3) is 0.0526. The molecule has 0 unspecified atom stereocenters. The molecule has 4 aromatic rings. The predicted octanol–water partition coefficient (Wildman–Crippen LogP) is 4.33. The van der Waals surface area contributed by atoms with Crippen LogP contribution in [-0.2, 0) is 0 Å². The van der Waals surface area contributed by atoms with Crippen molar-refractivity contribution in [3.63, 3.8) is 0 Å². The summed E-state index contributed by atoms with van der Waals surface area (Å²) in [5.41, 5.74) is 3.43. The summed E-state index contributed by atoms with van der Waals surface area (Å²) in [6.45, 7) is 1.91. The fourth-order valence-corrected chi connectivity index (χ4v) is 3.65. The lowest BCUT2D eigenvalue weighted by Gasteiger charge is -2.04. The molecule has 2 heterocycles. The SMILES string of the molecule is Cc1c(C(=O)Nc2ccc(O)cc2)sc2nc(-c3ccccc3)cn12. The van der Waals surface area contributed by atoms with Crippen molar-refractivity contribution in [1.29, 1.82) is 0 Å². The quantitative estimate of drug-likeness (QED) is 0.541. The maximum Gasteiger partial charge on any atom is 0.267 e. The summed E-state index contributed by atoms with van der Waals surface area (Å²) in [5, 5.41) is 12.2. The number of fused-ring (bicyclic) bond motifs is 1. The van der Waals surface area contributed by atoms with E-state index in [-0.39, 0.29) is 11.7 Å². The molecule has 0 aliphatic rings. The lowest BCUT2D eigenvalue weighted by Crippen LogP contribution is -2.11. The first-order valence-electron chi connectivity index (χ1n) is 7.76. The Balaban J connectivity index is 1.64. The van der Waals surface area contributed by atoms with Gasteiger partial charge in [0.2, 0.25) is 0 Å². The van der Waals surface area contributed by atoms with Gasteiger partial charge in [0, 0.05) is 23.1 Å². The summed E-state index contributed by atoms with van der Waals surface area (Å²) < 4.78 is 1.94. The molecule has 4 rings (SSSR count). The van der Waals surface area contributed by atoms with Crippen LogP contribution in [0.5, 0.6) is 5.75 Å². The van der Waals surface area contributed by atoms with Crippen molar-refractivity contribution in [2.45, 2.75) is 6.92 Å². The Labute approximate surface area is 148 Å². The molecule has 0 bridgehead atoms. The predicted molar refractivity (Wildman–Crippen MR) is 99.3 cm³/mol. The molecular formula is C19H15N3O2S. The molecule has 0 atom stereocenters. The number of nitrogens with zero attached hydrogens (tertiary/aromatic N) is 2. The van der Waals surface area contributed by atoms with Crippen molar-refractivity contribution in [2.75, 3.05) is 5.32 Å². The van der Waals surface area contributed by atoms with Gasteiger partial charge in [0.25, 0.3) is 5.91 Å². The maximum absolute atomic E-state index is 12.5. The second-order valence-electron chi connectivity index (χ2n) is 5.66. The number of imidazole rings is 1. The Morgan fingerprint density at radius 2 is 1.84 bits per heavy atom. The molecule has 0 radical (unpaired) electrons. The molecule has 124 valence electrons. The molecule has 0 saturated heterocycles. The number of benzene rings is 2. The average Bonchev–Trinajstić information content (AvgIpc) is 3.17. The highest BCUT2D eigenvalue weighted by atomic mass is 32.1. The van der Waals surface area contributed by atoms with Crippen LogP contribution < -0.4 is 5.32 Å². The molecule has 0 aliphatic heterocycles. The van der Waals surface area contributed by atoms with E-state index in [9.17, 15) is 9.90 Å². The second kappa shape index (κ2) is 6.07. The van der Waals surface area contributed by atoms with Gasteiger partial charge in [-0.25, -0.2) is 4.98 Å². The van der Waals surface area contributed by atoms with Crippen LogP contribution in [0, 0.1) is 6.92 Å². The Morgan fingerprint density at radius 3 is 2.52 bits per heavy atom. The van der Waals surface area contributed by atoms with Crippen LogP contribution in [0.2, 0.25) is 0 Å². The number of aryl methyl sites for hydroxylation is 1. The van der Waals surface area contributed by atoms with Gasteiger partial charge in [-0.1, -0.05) is 41.7 Å². The summed E-state index contributed by atoms with van der Waals surface area (Å²) in [7, 11) is 0. The molecule has 6 heteroatoms. The zero-order valence-electron chi connectivity index (χ0n) is 13.4. The normalized spacial score (nSPS) is 10.9. The Hall–Kier alpha value is -3.12. The summed E-state index contributed by atoms with van der Waals surface area (Å²) in [5.74, 6) is -0.0165. The van der Waals surface area contributed by atoms with Gasteiger partial charge in [-0.05, 0) is 31.2 Å². The van der Waals surface area contributed by atoms with E-state index in [2.05, 4.69) is 10.3 Å². The van der Waals surface area contributed by atoms with Crippen LogP contribution in [-0.4, -0.2) is 20.4 Å². The molecule has 5 nitrogen and oxygen atoms in total. The summed E-state index contributed by atoms with van der Waals surface area (Å²) in [6, 6.07) is 16.4. The molecule has 0 aliphatic carbocycles. The second-order valence-corrected chi connectivity index (χ2v) is 6.64. The van der Waals surface area contributed by atoms with E-state index in [4.69, 9.17) is 0 Å². The number of phenolic OH excluding ortho intramolecular Hbond substituents is 1. The standard InChI is InChI=1S/C19H15N3O2S/c1-12-17(18(24)20-14-7-9-15(23)10-8-14)25-19-21-16(11-22(12)19)13-5-3-2-4-6-13/h2-11,23H,1H3,(H,20,24). The minimum absolute atomic E-state index is 0.164.